The molecule has 0 aliphatic heterocycles. The molecule has 220 valence electrons. The van der Waals surface area contributed by atoms with Crippen molar-refractivity contribution in [1.82, 2.24) is 0 Å². The molecule has 1 N–H and O–H groups in total. The Kier molecular flexibility index (Phi) is 9.26. The Hall–Kier alpha value is -0.730. The summed E-state index contributed by atoms with van der Waals surface area (Å²) >= 11 is 0. The number of hydrogen-bond acceptors (Lipinski definition) is 7. The minimum absolute atomic E-state index is 0.128. The van der Waals surface area contributed by atoms with Gasteiger partial charge < -0.3 is 24.1 Å². The summed E-state index contributed by atoms with van der Waals surface area (Å²) in [7, 11) is 6.01. The number of hydrogen-bond donors (Lipinski definition) is 1. The van der Waals surface area contributed by atoms with Gasteiger partial charge in [0.25, 0.3) is 0 Å². The van der Waals surface area contributed by atoms with Gasteiger partial charge >= 0.3 is 12.1 Å². The Morgan fingerprint density at radius 2 is 1.66 bits per heavy atom. The maximum absolute atomic E-state index is 12.1. The summed E-state index contributed by atoms with van der Waals surface area (Å²) < 4.78 is 28.7. The summed E-state index contributed by atoms with van der Waals surface area (Å²) in [5.41, 5.74) is 0.166. The summed E-state index contributed by atoms with van der Waals surface area (Å²) in [4.78, 5) is 12.1. The van der Waals surface area contributed by atoms with Crippen LogP contribution in [-0.4, -0.2) is 57.9 Å². The van der Waals surface area contributed by atoms with E-state index in [1.165, 1.54) is 45.6 Å². The number of methoxy groups -OCH3 is 4. The molecule has 4 fully saturated rings. The van der Waals surface area contributed by atoms with Crippen LogP contribution in [0.4, 0.5) is 0 Å². The van der Waals surface area contributed by atoms with Crippen molar-refractivity contribution in [3.8, 4) is 0 Å². The van der Waals surface area contributed by atoms with Crippen LogP contribution in [0, 0.1) is 52.3 Å². The van der Waals surface area contributed by atoms with E-state index in [1.54, 1.807) is 21.3 Å². The average Bonchev–Trinajstić information content (AvgIpc) is 3.29. The molecule has 4 aliphatic rings. The number of aliphatic hydroxyl groups excluding tert-OH is 1. The highest BCUT2D eigenvalue weighted by Crippen LogP contribution is 2.70. The second-order valence-corrected chi connectivity index (χ2v) is 13.4. The molecule has 0 spiro atoms. The van der Waals surface area contributed by atoms with E-state index < -0.39 is 18.2 Å². The van der Waals surface area contributed by atoms with E-state index >= 15 is 0 Å². The van der Waals surface area contributed by atoms with Gasteiger partial charge in [0.05, 0.1) is 13.2 Å². The molecule has 0 heterocycles. The molecule has 4 aliphatic carbocycles. The first-order valence-electron chi connectivity index (χ1n) is 15.1. The van der Waals surface area contributed by atoms with Crippen LogP contribution in [0.2, 0.25) is 0 Å². The third kappa shape index (κ3) is 4.87. The van der Waals surface area contributed by atoms with Crippen LogP contribution in [0.1, 0.15) is 91.9 Å². The summed E-state index contributed by atoms with van der Waals surface area (Å²) in [6, 6.07) is 0. The SMILES string of the molecule is CC[C@H]1C[C@@H]2[C@H](C[C@H](OC(OC)(OC)OC)[C@]3(C)[C@@H]([C@H](C)C[C@@H](O)C(=O)OC)CC[C@@H]23)[C@@]2(C)CCCC[C@@H]12. The van der Waals surface area contributed by atoms with Crippen molar-refractivity contribution in [2.24, 2.45) is 52.3 Å². The number of carbonyl (C=O) groups is 1. The highest BCUT2D eigenvalue weighted by atomic mass is 17.0. The quantitative estimate of drug-likeness (QED) is 0.279. The Balaban J connectivity index is 1.73. The molecular weight excluding hydrogens is 484 g/mol. The summed E-state index contributed by atoms with van der Waals surface area (Å²) in [5.74, 6) is 3.20. The lowest BCUT2D eigenvalue weighted by molar-refractivity contribution is -0.499. The van der Waals surface area contributed by atoms with Crippen LogP contribution in [-0.2, 0) is 28.5 Å². The first-order valence-corrected chi connectivity index (χ1v) is 15.1. The normalized spacial score (nSPS) is 42.5. The summed E-state index contributed by atoms with van der Waals surface area (Å²) in [6.07, 6.45) is 8.69. The second-order valence-electron chi connectivity index (χ2n) is 13.4. The van der Waals surface area contributed by atoms with Gasteiger partial charge in [0.2, 0.25) is 0 Å². The molecule has 4 saturated carbocycles. The molecule has 0 saturated heterocycles. The van der Waals surface area contributed by atoms with E-state index in [9.17, 15) is 9.90 Å². The van der Waals surface area contributed by atoms with Crippen LogP contribution < -0.4 is 0 Å². The largest absolute Gasteiger partial charge is 0.467 e. The van der Waals surface area contributed by atoms with Gasteiger partial charge in [0, 0.05) is 26.7 Å². The van der Waals surface area contributed by atoms with E-state index in [4.69, 9.17) is 23.7 Å². The Bertz CT molecular complexity index is 806. The van der Waals surface area contributed by atoms with Gasteiger partial charge in [0.15, 0.2) is 6.10 Å². The van der Waals surface area contributed by atoms with Crippen molar-refractivity contribution in [3.63, 3.8) is 0 Å². The maximum Gasteiger partial charge on any atom is 0.412 e. The molecule has 0 amide bonds. The molecule has 0 bridgehead atoms. The van der Waals surface area contributed by atoms with Crippen molar-refractivity contribution in [2.75, 3.05) is 28.4 Å². The molecule has 4 rings (SSSR count). The zero-order valence-electron chi connectivity index (χ0n) is 25.2. The van der Waals surface area contributed by atoms with Gasteiger partial charge in [-0.15, -0.1) is 0 Å². The number of rotatable bonds is 10. The molecule has 0 aromatic rings. The van der Waals surface area contributed by atoms with E-state index in [2.05, 4.69) is 27.7 Å². The van der Waals surface area contributed by atoms with Gasteiger partial charge in [-0.1, -0.05) is 47.0 Å². The number of esters is 1. The number of fused-ring (bicyclic) bond motifs is 5. The third-order valence-corrected chi connectivity index (χ3v) is 12.2. The number of carbonyl (C=O) groups excluding carboxylic acids is 1. The summed E-state index contributed by atoms with van der Waals surface area (Å²) in [5, 5.41) is 10.5. The highest BCUT2D eigenvalue weighted by molar-refractivity contribution is 5.74. The van der Waals surface area contributed by atoms with Crippen LogP contribution in [0.5, 0.6) is 0 Å². The van der Waals surface area contributed by atoms with Crippen LogP contribution in [0.3, 0.4) is 0 Å². The molecular formula is C31H54O7. The zero-order chi connectivity index (χ0) is 27.9. The zero-order valence-corrected chi connectivity index (χ0v) is 25.2. The standard InChI is InChI=1S/C31H54O7/c1-9-20-17-21-24-14-13-22(19(2)16-26(32)28(33)34-5)30(24,4)27(38-31(35-6,36-7)37-8)18-25(21)29(3)15-11-10-12-23(20)29/h19-27,32H,9-18H2,1-8H3/t19-,20+,21+,22-,23+,24+,25+,26-,27+,29+,30-/m1/s1. The first kappa shape index (κ1) is 30.2. The van der Waals surface area contributed by atoms with Crippen molar-refractivity contribution >= 4 is 5.97 Å². The molecule has 11 atom stereocenters. The Labute approximate surface area is 230 Å². The van der Waals surface area contributed by atoms with Gasteiger partial charge in [-0.2, -0.15) is 0 Å². The fraction of sp³-hybridized carbons (Fsp3) is 0.968. The van der Waals surface area contributed by atoms with Gasteiger partial charge in [0.1, 0.15) is 0 Å². The van der Waals surface area contributed by atoms with Crippen molar-refractivity contribution < 1.29 is 33.6 Å². The monoisotopic (exact) mass is 538 g/mol. The fourth-order valence-corrected chi connectivity index (χ4v) is 10.4. The van der Waals surface area contributed by atoms with E-state index in [0.29, 0.717) is 29.6 Å². The number of aliphatic hydroxyl groups is 1. The lowest BCUT2D eigenvalue weighted by Gasteiger charge is -2.64. The van der Waals surface area contributed by atoms with E-state index in [0.717, 1.165) is 31.1 Å². The van der Waals surface area contributed by atoms with Gasteiger partial charge in [-0.3, -0.25) is 4.74 Å². The lowest BCUT2D eigenvalue weighted by atomic mass is 9.41. The molecule has 7 nitrogen and oxygen atoms in total. The fourth-order valence-electron chi connectivity index (χ4n) is 10.4. The minimum Gasteiger partial charge on any atom is -0.467 e. The predicted molar refractivity (Wildman–Crippen MR) is 145 cm³/mol. The van der Waals surface area contributed by atoms with Gasteiger partial charge in [-0.05, 0) is 91.8 Å². The Morgan fingerprint density at radius 1 is 0.974 bits per heavy atom. The Morgan fingerprint density at radius 3 is 2.26 bits per heavy atom. The molecule has 38 heavy (non-hydrogen) atoms. The molecule has 7 heteroatoms. The molecule has 0 unspecified atom stereocenters. The number of ether oxygens (including phenoxy) is 5. The van der Waals surface area contributed by atoms with Gasteiger partial charge in [-0.25, -0.2) is 4.79 Å². The van der Waals surface area contributed by atoms with E-state index in [1.807, 2.05) is 0 Å². The highest BCUT2D eigenvalue weighted by Gasteiger charge is 2.66. The second kappa shape index (κ2) is 11.6. The van der Waals surface area contributed by atoms with Crippen LogP contribution >= 0.6 is 0 Å². The minimum atomic E-state index is -1.56. The average molecular weight is 539 g/mol. The van der Waals surface area contributed by atoms with Crippen LogP contribution in [0.15, 0.2) is 0 Å². The molecule has 0 aromatic heterocycles. The van der Waals surface area contributed by atoms with E-state index in [-0.39, 0.29) is 23.4 Å². The lowest BCUT2D eigenvalue weighted by Crippen LogP contribution is -2.62. The molecule has 0 aromatic carbocycles. The first-order chi connectivity index (χ1) is 18.0. The molecule has 0 radical (unpaired) electrons. The smallest absolute Gasteiger partial charge is 0.412 e. The van der Waals surface area contributed by atoms with Crippen molar-refractivity contribution in [3.05, 3.63) is 0 Å². The topological polar surface area (TPSA) is 83.5 Å². The van der Waals surface area contributed by atoms with Crippen molar-refractivity contribution in [2.45, 2.75) is 110 Å². The van der Waals surface area contributed by atoms with Crippen LogP contribution in [0.25, 0.3) is 0 Å². The third-order valence-electron chi connectivity index (χ3n) is 12.2. The summed E-state index contributed by atoms with van der Waals surface area (Å²) in [6.45, 7) is 9.57. The predicted octanol–water partition coefficient (Wildman–Crippen LogP) is 5.78. The van der Waals surface area contributed by atoms with Crippen molar-refractivity contribution in [1.29, 1.82) is 0 Å². The maximum atomic E-state index is 12.1.